The molecule has 23 heavy (non-hydrogen) atoms. The maximum Gasteiger partial charge on any atom is 0.306 e. The van der Waals surface area contributed by atoms with Gasteiger partial charge in [-0.05, 0) is 18.9 Å². The Balaban J connectivity index is 1.60. The van der Waals surface area contributed by atoms with Gasteiger partial charge in [0.25, 0.3) is 0 Å². The van der Waals surface area contributed by atoms with Crippen molar-refractivity contribution in [2.75, 3.05) is 18.8 Å². The highest BCUT2D eigenvalue weighted by Crippen LogP contribution is 2.25. The number of likely N-dealkylation sites (tertiary alicyclic amines) is 1. The molecule has 0 bridgehead atoms. The topological polar surface area (TPSA) is 83.4 Å². The summed E-state index contributed by atoms with van der Waals surface area (Å²) in [5.41, 5.74) is 0.861. The van der Waals surface area contributed by atoms with Crippen molar-refractivity contribution in [2.45, 2.75) is 17.9 Å². The number of nitrogens with zero attached hydrogens (tertiary/aromatic N) is 3. The number of aliphatic carboxylic acids is 1. The zero-order chi connectivity index (χ0) is 16.2. The van der Waals surface area contributed by atoms with Crippen molar-refractivity contribution >= 4 is 34.5 Å². The molecule has 1 aliphatic heterocycles. The SMILES string of the molecule is O=C(O)C1CCN(C(=O)CSc2ncnc3ccccc23)CC1. The van der Waals surface area contributed by atoms with Gasteiger partial charge in [-0.15, -0.1) is 0 Å². The molecule has 2 aromatic rings. The van der Waals surface area contributed by atoms with E-state index in [2.05, 4.69) is 9.97 Å². The summed E-state index contributed by atoms with van der Waals surface area (Å²) >= 11 is 1.40. The molecule has 3 rings (SSSR count). The van der Waals surface area contributed by atoms with Gasteiger partial charge < -0.3 is 10.0 Å². The van der Waals surface area contributed by atoms with Crippen LogP contribution in [0.2, 0.25) is 0 Å². The van der Waals surface area contributed by atoms with Gasteiger partial charge in [-0.2, -0.15) is 0 Å². The molecule has 1 amide bonds. The number of para-hydroxylation sites is 1. The van der Waals surface area contributed by atoms with Crippen LogP contribution < -0.4 is 0 Å². The van der Waals surface area contributed by atoms with Crippen LogP contribution in [0.15, 0.2) is 35.6 Å². The second-order valence-corrected chi connectivity index (χ2v) is 6.44. The number of rotatable bonds is 4. The minimum Gasteiger partial charge on any atom is -0.481 e. The summed E-state index contributed by atoms with van der Waals surface area (Å²) in [7, 11) is 0. The first kappa shape index (κ1) is 15.7. The van der Waals surface area contributed by atoms with E-state index in [1.54, 1.807) is 4.90 Å². The third-order valence-electron chi connectivity index (χ3n) is 4.04. The Hall–Kier alpha value is -2.15. The fourth-order valence-electron chi connectivity index (χ4n) is 2.69. The summed E-state index contributed by atoms with van der Waals surface area (Å²) in [4.78, 5) is 33.5. The maximum atomic E-state index is 12.3. The van der Waals surface area contributed by atoms with Gasteiger partial charge in [-0.1, -0.05) is 30.0 Å². The van der Waals surface area contributed by atoms with E-state index in [1.165, 1.54) is 18.1 Å². The van der Waals surface area contributed by atoms with Gasteiger partial charge in [0.05, 0.1) is 17.2 Å². The van der Waals surface area contributed by atoms with Crippen molar-refractivity contribution in [2.24, 2.45) is 5.92 Å². The second kappa shape index (κ2) is 6.95. The first-order valence-electron chi connectivity index (χ1n) is 7.48. The monoisotopic (exact) mass is 331 g/mol. The van der Waals surface area contributed by atoms with Gasteiger partial charge in [-0.3, -0.25) is 9.59 Å². The predicted molar refractivity (Wildman–Crippen MR) is 87.2 cm³/mol. The highest BCUT2D eigenvalue weighted by Gasteiger charge is 2.26. The summed E-state index contributed by atoms with van der Waals surface area (Å²) in [6.07, 6.45) is 2.57. The number of carboxylic acid groups (broad SMARTS) is 1. The molecule has 0 atom stereocenters. The Bertz CT molecular complexity index is 724. The Labute approximate surface area is 137 Å². The van der Waals surface area contributed by atoms with Gasteiger partial charge >= 0.3 is 5.97 Å². The number of hydrogen-bond acceptors (Lipinski definition) is 5. The highest BCUT2D eigenvalue weighted by molar-refractivity contribution is 8.00. The van der Waals surface area contributed by atoms with Crippen molar-refractivity contribution in [3.8, 4) is 0 Å². The molecule has 1 aromatic heterocycles. The molecule has 0 aliphatic carbocycles. The van der Waals surface area contributed by atoms with Crippen LogP contribution in [-0.4, -0.2) is 50.7 Å². The number of fused-ring (bicyclic) bond motifs is 1. The lowest BCUT2D eigenvalue weighted by atomic mass is 9.97. The van der Waals surface area contributed by atoms with Crippen molar-refractivity contribution in [1.82, 2.24) is 14.9 Å². The van der Waals surface area contributed by atoms with Crippen LogP contribution in [0.1, 0.15) is 12.8 Å². The average molecular weight is 331 g/mol. The number of carbonyl (C=O) groups excluding carboxylic acids is 1. The van der Waals surface area contributed by atoms with Crippen LogP contribution >= 0.6 is 11.8 Å². The lowest BCUT2D eigenvalue weighted by molar-refractivity contribution is -0.145. The maximum absolute atomic E-state index is 12.3. The molecule has 0 radical (unpaired) electrons. The molecule has 1 fully saturated rings. The van der Waals surface area contributed by atoms with E-state index in [0.29, 0.717) is 31.7 Å². The summed E-state index contributed by atoms with van der Waals surface area (Å²) in [5.74, 6) is -0.753. The smallest absolute Gasteiger partial charge is 0.306 e. The molecule has 1 N–H and O–H groups in total. The molecule has 0 saturated carbocycles. The second-order valence-electron chi connectivity index (χ2n) is 5.48. The van der Waals surface area contributed by atoms with Crippen molar-refractivity contribution in [3.63, 3.8) is 0 Å². The van der Waals surface area contributed by atoms with E-state index >= 15 is 0 Å². The summed E-state index contributed by atoms with van der Waals surface area (Å²) < 4.78 is 0. The molecule has 1 aliphatic rings. The molecule has 6 nitrogen and oxygen atoms in total. The lowest BCUT2D eigenvalue weighted by Crippen LogP contribution is -2.41. The van der Waals surface area contributed by atoms with Crippen LogP contribution in [0.5, 0.6) is 0 Å². The predicted octanol–water partition coefficient (Wildman–Crippen LogP) is 2.05. The zero-order valence-corrected chi connectivity index (χ0v) is 13.3. The van der Waals surface area contributed by atoms with Crippen LogP contribution in [0.4, 0.5) is 0 Å². The number of carboxylic acids is 1. The van der Waals surface area contributed by atoms with Gasteiger partial charge in [0.1, 0.15) is 11.4 Å². The van der Waals surface area contributed by atoms with Crippen molar-refractivity contribution in [3.05, 3.63) is 30.6 Å². The van der Waals surface area contributed by atoms with Gasteiger partial charge in [0, 0.05) is 18.5 Å². The minimum absolute atomic E-state index is 0.0292. The molecule has 1 saturated heterocycles. The molecular formula is C16H17N3O3S. The van der Waals surface area contributed by atoms with E-state index in [9.17, 15) is 9.59 Å². The molecule has 0 unspecified atom stereocenters. The largest absolute Gasteiger partial charge is 0.481 e. The van der Waals surface area contributed by atoms with Gasteiger partial charge in [0.2, 0.25) is 5.91 Å². The molecule has 0 spiro atoms. The quantitative estimate of drug-likeness (QED) is 0.682. The molecular weight excluding hydrogens is 314 g/mol. The number of benzene rings is 1. The van der Waals surface area contributed by atoms with Gasteiger partial charge in [-0.25, -0.2) is 9.97 Å². The van der Waals surface area contributed by atoms with E-state index in [1.807, 2.05) is 24.3 Å². The Morgan fingerprint density at radius 3 is 2.70 bits per heavy atom. The Morgan fingerprint density at radius 2 is 1.96 bits per heavy atom. The molecule has 2 heterocycles. The third-order valence-corrected chi connectivity index (χ3v) is 5.03. The van der Waals surface area contributed by atoms with Crippen molar-refractivity contribution < 1.29 is 14.7 Å². The number of piperidine rings is 1. The Kier molecular flexibility index (Phi) is 4.76. The first-order chi connectivity index (χ1) is 11.1. The summed E-state index contributed by atoms with van der Waals surface area (Å²) in [6, 6.07) is 7.70. The third kappa shape index (κ3) is 3.61. The number of amides is 1. The number of hydrogen-bond donors (Lipinski definition) is 1. The summed E-state index contributed by atoms with van der Waals surface area (Å²) in [6.45, 7) is 1.03. The fraction of sp³-hybridized carbons (Fsp3) is 0.375. The molecule has 1 aromatic carbocycles. The standard InChI is InChI=1S/C16H17N3O3S/c20-14(19-7-5-11(6-8-19)16(21)22)9-23-15-12-3-1-2-4-13(12)17-10-18-15/h1-4,10-11H,5-9H2,(H,21,22). The van der Waals surface area contributed by atoms with Crippen LogP contribution in [0, 0.1) is 5.92 Å². The number of carbonyl (C=O) groups is 2. The van der Waals surface area contributed by atoms with Crippen LogP contribution in [0.25, 0.3) is 10.9 Å². The lowest BCUT2D eigenvalue weighted by Gasteiger charge is -2.30. The number of thioether (sulfide) groups is 1. The molecule has 7 heteroatoms. The van der Waals surface area contributed by atoms with E-state index < -0.39 is 5.97 Å². The van der Waals surface area contributed by atoms with Crippen LogP contribution in [-0.2, 0) is 9.59 Å². The van der Waals surface area contributed by atoms with E-state index in [4.69, 9.17) is 5.11 Å². The van der Waals surface area contributed by atoms with Gasteiger partial charge in [0.15, 0.2) is 0 Å². The summed E-state index contributed by atoms with van der Waals surface area (Å²) in [5, 5.41) is 10.7. The van der Waals surface area contributed by atoms with Crippen molar-refractivity contribution in [1.29, 1.82) is 0 Å². The van der Waals surface area contributed by atoms with E-state index in [0.717, 1.165) is 15.9 Å². The fourth-order valence-corrected chi connectivity index (χ4v) is 3.58. The zero-order valence-electron chi connectivity index (χ0n) is 12.5. The highest BCUT2D eigenvalue weighted by atomic mass is 32.2. The minimum atomic E-state index is -0.765. The average Bonchev–Trinajstić information content (AvgIpc) is 2.59. The first-order valence-corrected chi connectivity index (χ1v) is 8.47. The van der Waals surface area contributed by atoms with E-state index in [-0.39, 0.29) is 11.8 Å². The molecule has 120 valence electrons. The Morgan fingerprint density at radius 1 is 1.22 bits per heavy atom. The normalized spacial score (nSPS) is 15.7. The number of aromatic nitrogens is 2. The van der Waals surface area contributed by atoms with Crippen LogP contribution in [0.3, 0.4) is 0 Å².